The Bertz CT molecular complexity index is 1030. The lowest BCUT2D eigenvalue weighted by molar-refractivity contribution is -0.155. The maximum atomic E-state index is 12.0. The van der Waals surface area contributed by atoms with Crippen molar-refractivity contribution in [2.75, 3.05) is 7.05 Å². The lowest BCUT2D eigenvalue weighted by Gasteiger charge is -2.37. The first-order chi connectivity index (χ1) is 17.2. The van der Waals surface area contributed by atoms with Crippen LogP contribution in [0.25, 0.3) is 16.7 Å². The fraction of sp³-hybridized carbons (Fsp3) is 0.452. The molecule has 0 saturated carbocycles. The third kappa shape index (κ3) is 7.89. The number of allylic oxidation sites excluding steroid dienone is 2. The van der Waals surface area contributed by atoms with Crippen LogP contribution in [-0.4, -0.2) is 47.6 Å². The van der Waals surface area contributed by atoms with Crippen molar-refractivity contribution in [2.45, 2.75) is 85.7 Å². The number of carbonyl (C=O) groups excluding carboxylic acids is 1. The summed E-state index contributed by atoms with van der Waals surface area (Å²) in [5.74, 6) is -0.114. The smallest absolute Gasteiger partial charge is 0.251 e. The van der Waals surface area contributed by atoms with Gasteiger partial charge in [0, 0.05) is 19.0 Å². The van der Waals surface area contributed by atoms with E-state index in [4.69, 9.17) is 4.74 Å². The maximum absolute atomic E-state index is 12.0. The number of aryl methyl sites for hydroxylation is 1. The van der Waals surface area contributed by atoms with E-state index in [9.17, 15) is 15.0 Å². The number of aliphatic hydroxyl groups excluding tert-OH is 2. The fourth-order valence-corrected chi connectivity index (χ4v) is 4.22. The normalized spacial score (nSPS) is 21.3. The summed E-state index contributed by atoms with van der Waals surface area (Å²) >= 11 is 0. The van der Waals surface area contributed by atoms with E-state index in [1.54, 1.807) is 13.1 Å². The molecular weight excluding hydrogens is 450 g/mol. The number of rotatable bonds is 6. The van der Waals surface area contributed by atoms with Crippen LogP contribution in [0.2, 0.25) is 0 Å². The summed E-state index contributed by atoms with van der Waals surface area (Å²) in [6, 6.07) is 13.6. The van der Waals surface area contributed by atoms with Crippen molar-refractivity contribution in [1.82, 2.24) is 5.32 Å². The van der Waals surface area contributed by atoms with Crippen LogP contribution in [0.15, 0.2) is 60.7 Å². The van der Waals surface area contributed by atoms with E-state index in [0.29, 0.717) is 12.0 Å². The Balaban J connectivity index is 0.00000154. The highest BCUT2D eigenvalue weighted by Crippen LogP contribution is 2.30. The lowest BCUT2D eigenvalue weighted by Crippen LogP contribution is -2.48. The van der Waals surface area contributed by atoms with Gasteiger partial charge in [-0.25, -0.2) is 0 Å². The number of benzene rings is 2. The average Bonchev–Trinajstić information content (AvgIpc) is 2.91. The SMILES string of the molecule is C=C(/C=C(\C)[C@H]1OC(CC)CC(O)C1O)c1ccc(-c2cccc(C(=O)NC)c2)cc1C.CC.CC. The van der Waals surface area contributed by atoms with E-state index in [-0.39, 0.29) is 12.0 Å². The van der Waals surface area contributed by atoms with Gasteiger partial charge in [-0.1, -0.05) is 77.6 Å². The van der Waals surface area contributed by atoms with Crippen molar-refractivity contribution in [2.24, 2.45) is 0 Å². The van der Waals surface area contributed by atoms with Gasteiger partial charge in [0.2, 0.25) is 0 Å². The molecule has 3 N–H and O–H groups in total. The van der Waals surface area contributed by atoms with Crippen LogP contribution in [0.3, 0.4) is 0 Å². The van der Waals surface area contributed by atoms with Crippen molar-refractivity contribution in [3.63, 3.8) is 0 Å². The molecule has 0 spiro atoms. The molecule has 1 fully saturated rings. The number of ether oxygens (including phenoxy) is 1. The van der Waals surface area contributed by atoms with E-state index < -0.39 is 18.3 Å². The number of amides is 1. The number of carbonyl (C=O) groups is 1. The van der Waals surface area contributed by atoms with Crippen molar-refractivity contribution in [3.05, 3.63) is 77.4 Å². The van der Waals surface area contributed by atoms with Gasteiger partial charge in [0.05, 0.1) is 12.2 Å². The van der Waals surface area contributed by atoms with Crippen LogP contribution >= 0.6 is 0 Å². The molecule has 198 valence electrons. The summed E-state index contributed by atoms with van der Waals surface area (Å²) in [4.78, 5) is 12.0. The van der Waals surface area contributed by atoms with Crippen LogP contribution in [0.5, 0.6) is 0 Å². The standard InChI is InChI=1S/C27H33NO4.2C2H6/c1-6-22-15-24(29)25(30)26(32-22)18(4)12-16(2)23-11-10-20(13-17(23)3)19-8-7-9-21(14-19)27(31)28-5;2*1-2/h7-14,22,24-26,29-30H,2,6,15H2,1,3-5H3,(H,28,31);2*1-2H3/b18-12+;;/t22?,24?,25?,26-;;/m1../s1. The first kappa shape index (κ1) is 31.3. The van der Waals surface area contributed by atoms with Gasteiger partial charge < -0.3 is 20.3 Å². The molecule has 3 unspecified atom stereocenters. The molecule has 0 aliphatic carbocycles. The Morgan fingerprint density at radius 2 is 1.75 bits per heavy atom. The predicted molar refractivity (Wildman–Crippen MR) is 151 cm³/mol. The molecular formula is C31H45NO4. The van der Waals surface area contributed by atoms with Gasteiger partial charge in [-0.15, -0.1) is 0 Å². The molecule has 2 aromatic carbocycles. The minimum Gasteiger partial charge on any atom is -0.390 e. The number of hydrogen-bond donors (Lipinski definition) is 3. The summed E-state index contributed by atoms with van der Waals surface area (Å²) < 4.78 is 6.01. The highest BCUT2D eigenvalue weighted by Gasteiger charge is 2.36. The Morgan fingerprint density at radius 3 is 2.33 bits per heavy atom. The summed E-state index contributed by atoms with van der Waals surface area (Å²) in [6.45, 7) is 18.2. The molecule has 5 heteroatoms. The second kappa shape index (κ2) is 15.4. The molecule has 1 amide bonds. The molecule has 2 aromatic rings. The molecule has 0 aromatic heterocycles. The van der Waals surface area contributed by atoms with Gasteiger partial charge in [-0.3, -0.25) is 4.79 Å². The van der Waals surface area contributed by atoms with Crippen molar-refractivity contribution in [1.29, 1.82) is 0 Å². The Labute approximate surface area is 217 Å². The largest absolute Gasteiger partial charge is 0.390 e. The van der Waals surface area contributed by atoms with Gasteiger partial charge in [-0.05, 0) is 65.8 Å². The fourth-order valence-electron chi connectivity index (χ4n) is 4.22. The monoisotopic (exact) mass is 495 g/mol. The second-order valence-electron chi connectivity index (χ2n) is 8.48. The van der Waals surface area contributed by atoms with Crippen LogP contribution < -0.4 is 5.32 Å². The number of hydrogen-bond acceptors (Lipinski definition) is 4. The molecule has 1 saturated heterocycles. The Hall–Kier alpha value is -2.73. The average molecular weight is 496 g/mol. The van der Waals surface area contributed by atoms with Gasteiger partial charge in [0.25, 0.3) is 5.91 Å². The quantitative estimate of drug-likeness (QED) is 0.410. The van der Waals surface area contributed by atoms with Crippen molar-refractivity contribution >= 4 is 11.5 Å². The van der Waals surface area contributed by atoms with Gasteiger partial charge in [-0.2, -0.15) is 0 Å². The molecule has 1 aliphatic heterocycles. The Kier molecular flexibility index (Phi) is 13.4. The topological polar surface area (TPSA) is 78.8 Å². The zero-order valence-electron chi connectivity index (χ0n) is 23.3. The van der Waals surface area contributed by atoms with Gasteiger partial charge in [0.15, 0.2) is 0 Å². The van der Waals surface area contributed by atoms with E-state index in [1.165, 1.54) is 0 Å². The third-order valence-electron chi connectivity index (χ3n) is 6.11. The molecule has 36 heavy (non-hydrogen) atoms. The van der Waals surface area contributed by atoms with E-state index in [0.717, 1.165) is 39.8 Å². The highest BCUT2D eigenvalue weighted by atomic mass is 16.5. The van der Waals surface area contributed by atoms with E-state index in [1.807, 2.05) is 84.9 Å². The molecule has 4 atom stereocenters. The number of nitrogens with one attached hydrogen (secondary N) is 1. The first-order valence-electron chi connectivity index (χ1n) is 13.1. The van der Waals surface area contributed by atoms with Crippen LogP contribution in [0.4, 0.5) is 0 Å². The van der Waals surface area contributed by atoms with E-state index in [2.05, 4.69) is 18.0 Å². The van der Waals surface area contributed by atoms with Crippen molar-refractivity contribution in [3.8, 4) is 11.1 Å². The van der Waals surface area contributed by atoms with Gasteiger partial charge >= 0.3 is 0 Å². The molecule has 1 heterocycles. The summed E-state index contributed by atoms with van der Waals surface area (Å²) in [5.41, 5.74) is 6.30. The molecule has 3 rings (SSSR count). The predicted octanol–water partition coefficient (Wildman–Crippen LogP) is 6.32. The Morgan fingerprint density at radius 1 is 1.11 bits per heavy atom. The highest BCUT2D eigenvalue weighted by molar-refractivity contribution is 5.95. The van der Waals surface area contributed by atoms with Crippen LogP contribution in [0.1, 0.15) is 75.9 Å². The van der Waals surface area contributed by atoms with Crippen molar-refractivity contribution < 1.29 is 19.7 Å². The summed E-state index contributed by atoms with van der Waals surface area (Å²) in [5, 5.41) is 23.3. The number of aliphatic hydroxyl groups is 2. The zero-order valence-corrected chi connectivity index (χ0v) is 23.3. The summed E-state index contributed by atoms with van der Waals surface area (Å²) in [7, 11) is 1.62. The van der Waals surface area contributed by atoms with Gasteiger partial charge in [0.1, 0.15) is 12.2 Å². The molecule has 1 aliphatic rings. The zero-order chi connectivity index (χ0) is 27.4. The molecule has 0 bridgehead atoms. The minimum absolute atomic E-state index is 0.0680. The van der Waals surface area contributed by atoms with Crippen LogP contribution in [-0.2, 0) is 4.74 Å². The minimum atomic E-state index is -0.946. The maximum Gasteiger partial charge on any atom is 0.251 e. The summed E-state index contributed by atoms with van der Waals surface area (Å²) in [6.07, 6.45) is 0.807. The van der Waals surface area contributed by atoms with E-state index >= 15 is 0 Å². The molecule has 0 radical (unpaired) electrons. The first-order valence-corrected chi connectivity index (χ1v) is 13.1. The molecule has 5 nitrogen and oxygen atoms in total. The van der Waals surface area contributed by atoms with Crippen LogP contribution in [0, 0.1) is 6.92 Å². The lowest BCUT2D eigenvalue weighted by atomic mass is 9.90. The second-order valence-corrected chi connectivity index (χ2v) is 8.48. The third-order valence-corrected chi connectivity index (χ3v) is 6.11.